The lowest BCUT2D eigenvalue weighted by Gasteiger charge is -2.38. The lowest BCUT2D eigenvalue weighted by molar-refractivity contribution is 0.382. The summed E-state index contributed by atoms with van der Waals surface area (Å²) < 4.78 is 11.4. The van der Waals surface area contributed by atoms with Crippen LogP contribution in [-0.2, 0) is 4.57 Å². The highest BCUT2D eigenvalue weighted by Crippen LogP contribution is 2.93. The molecule has 5 fully saturated rings. The highest BCUT2D eigenvalue weighted by atomic mass is 31.2. The van der Waals surface area contributed by atoms with Crippen molar-refractivity contribution in [3.63, 3.8) is 0 Å². The van der Waals surface area contributed by atoms with Crippen LogP contribution >= 0.6 is 7.37 Å². The van der Waals surface area contributed by atoms with Crippen LogP contribution in [0.1, 0.15) is 6.42 Å². The van der Waals surface area contributed by atoms with E-state index >= 15 is 0 Å². The minimum atomic E-state index is -2.56. The van der Waals surface area contributed by atoms with E-state index in [1.165, 1.54) is 6.42 Å². The maximum Gasteiger partial charge on any atom is 0.207 e. The standard InChI is InChI=1S/C7H9O2P/c8-10(9)6-3-1-2-4(6)5(2)7(3)10/h2-7H,1H2,(H,8,9)/t2?,3?,4-,5+,6-,7+. The fourth-order valence-electron chi connectivity index (χ4n) is 4.21. The molecular formula is C7H9O2P. The first kappa shape index (κ1) is 4.95. The van der Waals surface area contributed by atoms with Crippen molar-refractivity contribution < 1.29 is 9.46 Å². The first-order chi connectivity index (χ1) is 4.73. The molecule has 0 aromatic carbocycles. The van der Waals surface area contributed by atoms with Crippen LogP contribution in [0.3, 0.4) is 0 Å². The molecule has 0 aromatic heterocycles. The molecule has 1 N–H and O–H groups in total. The maximum absolute atomic E-state index is 11.4. The third-order valence-electron chi connectivity index (χ3n) is 4.36. The second-order valence-electron chi connectivity index (χ2n) is 4.37. The zero-order chi connectivity index (χ0) is 6.67. The van der Waals surface area contributed by atoms with Crippen molar-refractivity contribution in [2.24, 2.45) is 23.7 Å². The molecule has 10 heavy (non-hydrogen) atoms. The van der Waals surface area contributed by atoms with E-state index in [0.29, 0.717) is 17.2 Å². The smallest absolute Gasteiger partial charge is 0.207 e. The van der Waals surface area contributed by atoms with Crippen LogP contribution in [0.15, 0.2) is 0 Å². The van der Waals surface area contributed by atoms with E-state index in [1.807, 2.05) is 0 Å². The van der Waals surface area contributed by atoms with E-state index in [2.05, 4.69) is 0 Å². The Morgan fingerprint density at radius 3 is 2.10 bits per heavy atom. The predicted molar refractivity (Wildman–Crippen MR) is 36.0 cm³/mol. The molecule has 2 nitrogen and oxygen atoms in total. The summed E-state index contributed by atoms with van der Waals surface area (Å²) in [5, 5.41) is 0. The maximum atomic E-state index is 11.4. The van der Waals surface area contributed by atoms with Gasteiger partial charge >= 0.3 is 0 Å². The molecule has 3 unspecified atom stereocenters. The summed E-state index contributed by atoms with van der Waals surface area (Å²) in [6.07, 6.45) is 1.30. The van der Waals surface area contributed by atoms with Crippen molar-refractivity contribution >= 4 is 7.37 Å². The van der Waals surface area contributed by atoms with Crippen LogP contribution < -0.4 is 0 Å². The van der Waals surface area contributed by atoms with Crippen molar-refractivity contribution in [2.75, 3.05) is 0 Å². The fourth-order valence-corrected chi connectivity index (χ4v) is 7.85. The van der Waals surface area contributed by atoms with Gasteiger partial charge in [-0.25, -0.2) is 0 Å². The van der Waals surface area contributed by atoms with Crippen LogP contribution in [0.25, 0.3) is 0 Å². The molecule has 4 saturated carbocycles. The Kier molecular flexibility index (Phi) is 0.481. The number of hydrogen-bond acceptors (Lipinski definition) is 1. The van der Waals surface area contributed by atoms with Gasteiger partial charge in [0.1, 0.15) is 0 Å². The lowest BCUT2D eigenvalue weighted by atomic mass is 10.1. The highest BCUT2D eigenvalue weighted by Gasteiger charge is 2.88. The highest BCUT2D eigenvalue weighted by molar-refractivity contribution is 7.62. The van der Waals surface area contributed by atoms with Gasteiger partial charge in [-0.1, -0.05) is 0 Å². The molecule has 0 aromatic rings. The molecule has 0 radical (unpaired) electrons. The largest absolute Gasteiger partial charge is 0.344 e. The lowest BCUT2D eigenvalue weighted by Crippen LogP contribution is -2.35. The van der Waals surface area contributed by atoms with Gasteiger partial charge in [-0.3, -0.25) is 4.57 Å². The summed E-state index contributed by atoms with van der Waals surface area (Å²) in [6.45, 7) is 0. The topological polar surface area (TPSA) is 37.3 Å². The van der Waals surface area contributed by atoms with Gasteiger partial charge in [-0.05, 0) is 30.1 Å². The molecule has 7 atom stereocenters. The zero-order valence-electron chi connectivity index (χ0n) is 5.47. The molecular weight excluding hydrogens is 147 g/mol. The third kappa shape index (κ3) is 0.238. The van der Waals surface area contributed by atoms with Gasteiger partial charge in [0.05, 0.1) is 0 Å². The van der Waals surface area contributed by atoms with Crippen LogP contribution in [0.5, 0.6) is 0 Å². The van der Waals surface area contributed by atoms with Crippen molar-refractivity contribution in [1.82, 2.24) is 0 Å². The zero-order valence-corrected chi connectivity index (χ0v) is 6.37. The number of rotatable bonds is 0. The molecule has 6 bridgehead atoms. The number of hydrogen-bond donors (Lipinski definition) is 1. The summed E-state index contributed by atoms with van der Waals surface area (Å²) in [5.41, 5.74) is 0.597. The molecule has 1 aliphatic heterocycles. The van der Waals surface area contributed by atoms with E-state index in [1.54, 1.807) is 0 Å². The van der Waals surface area contributed by atoms with Crippen molar-refractivity contribution in [2.45, 2.75) is 17.7 Å². The molecule has 5 aliphatic rings. The monoisotopic (exact) mass is 156 g/mol. The van der Waals surface area contributed by atoms with Crippen molar-refractivity contribution in [3.8, 4) is 0 Å². The minimum Gasteiger partial charge on any atom is -0.344 e. The van der Waals surface area contributed by atoms with Crippen LogP contribution in [-0.4, -0.2) is 16.2 Å². The van der Waals surface area contributed by atoms with Gasteiger partial charge in [0.2, 0.25) is 7.37 Å². The molecule has 3 heteroatoms. The summed E-state index contributed by atoms with van der Waals surface area (Å²) in [5.74, 6) is 3.07. The van der Waals surface area contributed by atoms with Crippen molar-refractivity contribution in [3.05, 3.63) is 0 Å². The van der Waals surface area contributed by atoms with Gasteiger partial charge < -0.3 is 4.89 Å². The molecule has 4 aliphatic carbocycles. The first-order valence-electron chi connectivity index (χ1n) is 4.05. The Balaban J connectivity index is 2.02. The van der Waals surface area contributed by atoms with E-state index in [4.69, 9.17) is 0 Å². The third-order valence-corrected chi connectivity index (χ3v) is 7.52. The van der Waals surface area contributed by atoms with Gasteiger partial charge in [0.25, 0.3) is 0 Å². The Hall–Kier alpha value is 0.190. The van der Waals surface area contributed by atoms with Gasteiger partial charge in [-0.15, -0.1) is 0 Å². The second kappa shape index (κ2) is 0.971. The van der Waals surface area contributed by atoms with Gasteiger partial charge in [0.15, 0.2) is 0 Å². The summed E-state index contributed by atoms with van der Waals surface area (Å²) in [6, 6.07) is 0. The van der Waals surface area contributed by atoms with Crippen molar-refractivity contribution in [1.29, 1.82) is 0 Å². The van der Waals surface area contributed by atoms with E-state index < -0.39 is 7.37 Å². The summed E-state index contributed by atoms with van der Waals surface area (Å²) >= 11 is 0. The summed E-state index contributed by atoms with van der Waals surface area (Å²) in [4.78, 5) is 9.47. The van der Waals surface area contributed by atoms with Crippen LogP contribution in [0.4, 0.5) is 0 Å². The van der Waals surface area contributed by atoms with Crippen LogP contribution in [0, 0.1) is 23.7 Å². The van der Waals surface area contributed by atoms with Gasteiger partial charge in [0, 0.05) is 11.3 Å². The molecule has 1 heterocycles. The normalized spacial score (nSPS) is 86.9. The van der Waals surface area contributed by atoms with Gasteiger partial charge in [-0.2, -0.15) is 0 Å². The minimum absolute atomic E-state index is 0.299. The van der Waals surface area contributed by atoms with E-state index in [9.17, 15) is 9.46 Å². The fraction of sp³-hybridized carbons (Fsp3) is 1.00. The van der Waals surface area contributed by atoms with E-state index in [0.717, 1.165) is 17.8 Å². The Bertz CT molecular complexity index is 261. The second-order valence-corrected chi connectivity index (χ2v) is 6.91. The quantitative estimate of drug-likeness (QED) is 0.529. The first-order valence-corrected chi connectivity index (χ1v) is 5.85. The molecule has 1 saturated heterocycles. The Morgan fingerprint density at radius 2 is 1.80 bits per heavy atom. The van der Waals surface area contributed by atoms with E-state index in [-0.39, 0.29) is 0 Å². The average Bonchev–Trinajstić information content (AvgIpc) is 2.38. The molecule has 0 spiro atoms. The SMILES string of the molecule is O=P1(O)[C@@H]2C3CC4[C@@H]2[C@H]4[C@H]31. The Morgan fingerprint density at radius 1 is 1.20 bits per heavy atom. The Labute approximate surface area is 59.1 Å². The average molecular weight is 156 g/mol. The van der Waals surface area contributed by atoms with Crippen LogP contribution in [0.2, 0.25) is 0 Å². The predicted octanol–water partition coefficient (Wildman–Crippen LogP) is 0.903. The molecule has 5 rings (SSSR count). The molecule has 0 amide bonds. The summed E-state index contributed by atoms with van der Waals surface area (Å²) in [7, 11) is -2.56. The molecule has 54 valence electrons.